The minimum Gasteiger partial charge on any atom is -0.343 e. The quantitative estimate of drug-likeness (QED) is 0.563. The molecule has 1 saturated heterocycles. The van der Waals surface area contributed by atoms with Gasteiger partial charge in [0.05, 0.1) is 0 Å². The Morgan fingerprint density at radius 3 is 2.33 bits per heavy atom. The minimum atomic E-state index is 0.298. The third kappa shape index (κ3) is 2.81. The van der Waals surface area contributed by atoms with Gasteiger partial charge in [-0.15, -0.1) is 0 Å². The van der Waals surface area contributed by atoms with Gasteiger partial charge in [0.25, 0.3) is 0 Å². The normalized spacial score (nSPS) is 16.2. The number of hydrogen-bond acceptors (Lipinski definition) is 2. The summed E-state index contributed by atoms with van der Waals surface area (Å²) in [5.41, 5.74) is 0. The Hall–Kier alpha value is -0.570. The molecule has 0 unspecified atom stereocenters. The lowest BCUT2D eigenvalue weighted by Crippen LogP contribution is -2.31. The fraction of sp³-hybridized carbons (Fsp3) is 0.889. The van der Waals surface area contributed by atoms with Crippen molar-refractivity contribution in [3.8, 4) is 0 Å². The summed E-state index contributed by atoms with van der Waals surface area (Å²) in [6.45, 7) is 9.06. The average molecular weight is 170 g/mol. The van der Waals surface area contributed by atoms with E-state index in [9.17, 15) is 4.79 Å². The Kier molecular flexibility index (Phi) is 3.53. The van der Waals surface area contributed by atoms with E-state index in [0.717, 1.165) is 19.6 Å². The maximum absolute atomic E-state index is 11.4. The van der Waals surface area contributed by atoms with Crippen LogP contribution in [0.5, 0.6) is 0 Å². The third-order valence-corrected chi connectivity index (χ3v) is 2.30. The van der Waals surface area contributed by atoms with E-state index in [2.05, 4.69) is 4.90 Å². The van der Waals surface area contributed by atoms with Crippen LogP contribution in [0.25, 0.3) is 0 Å². The highest BCUT2D eigenvalue weighted by Crippen LogP contribution is 2.05. The molecule has 3 heteroatoms. The predicted molar refractivity (Wildman–Crippen MR) is 49.0 cm³/mol. The molecular weight excluding hydrogens is 152 g/mol. The van der Waals surface area contributed by atoms with Gasteiger partial charge in [0.1, 0.15) is 0 Å². The Bertz CT molecular complexity index is 151. The molecule has 1 aliphatic heterocycles. The Morgan fingerprint density at radius 1 is 1.33 bits per heavy atom. The summed E-state index contributed by atoms with van der Waals surface area (Å²) >= 11 is 0. The highest BCUT2D eigenvalue weighted by molar-refractivity contribution is 5.76. The average Bonchev–Trinajstić information content (AvgIpc) is 2.86. The molecule has 1 amide bonds. The van der Waals surface area contributed by atoms with Gasteiger partial charge in [-0.2, -0.15) is 0 Å². The topological polar surface area (TPSA) is 23.3 Å². The second-order valence-corrected chi connectivity index (χ2v) is 3.16. The lowest BCUT2D eigenvalue weighted by atomic mass is 10.3. The van der Waals surface area contributed by atoms with Gasteiger partial charge < -0.3 is 9.80 Å². The van der Waals surface area contributed by atoms with Gasteiger partial charge >= 0.3 is 0 Å². The smallest absolute Gasteiger partial charge is 0.223 e. The standard InChI is InChI=1S/C9H18N2O/c1-3-11(4-2)9(12)5-6-10-7-8-10/h3-8H2,1-2H3. The third-order valence-electron chi connectivity index (χ3n) is 2.30. The van der Waals surface area contributed by atoms with Crippen LogP contribution in [0.1, 0.15) is 20.3 Å². The minimum absolute atomic E-state index is 0.298. The molecule has 0 aromatic heterocycles. The van der Waals surface area contributed by atoms with Gasteiger partial charge in [-0.05, 0) is 13.8 Å². The van der Waals surface area contributed by atoms with Crippen molar-refractivity contribution in [2.75, 3.05) is 32.7 Å². The van der Waals surface area contributed by atoms with Crippen molar-refractivity contribution in [3.63, 3.8) is 0 Å². The summed E-state index contributed by atoms with van der Waals surface area (Å²) in [6.07, 6.45) is 0.696. The predicted octanol–water partition coefficient (Wildman–Crippen LogP) is 0.560. The molecule has 0 radical (unpaired) electrons. The van der Waals surface area contributed by atoms with E-state index < -0.39 is 0 Å². The monoisotopic (exact) mass is 170 g/mol. The maximum atomic E-state index is 11.4. The fourth-order valence-electron chi connectivity index (χ4n) is 1.28. The van der Waals surface area contributed by atoms with E-state index in [1.165, 1.54) is 13.1 Å². The van der Waals surface area contributed by atoms with Gasteiger partial charge in [0.15, 0.2) is 0 Å². The van der Waals surface area contributed by atoms with Crippen LogP contribution in [0.2, 0.25) is 0 Å². The van der Waals surface area contributed by atoms with Crippen molar-refractivity contribution in [3.05, 3.63) is 0 Å². The van der Waals surface area contributed by atoms with Gasteiger partial charge in [0, 0.05) is 39.1 Å². The number of carbonyl (C=O) groups excluding carboxylic acids is 1. The second-order valence-electron chi connectivity index (χ2n) is 3.16. The van der Waals surface area contributed by atoms with Crippen LogP contribution in [-0.4, -0.2) is 48.4 Å². The van der Waals surface area contributed by atoms with Crippen molar-refractivity contribution in [1.29, 1.82) is 0 Å². The van der Waals surface area contributed by atoms with Crippen molar-refractivity contribution >= 4 is 5.91 Å². The highest BCUT2D eigenvalue weighted by Gasteiger charge is 2.18. The van der Waals surface area contributed by atoms with E-state index in [-0.39, 0.29) is 0 Å². The van der Waals surface area contributed by atoms with E-state index in [1.54, 1.807) is 0 Å². The summed E-state index contributed by atoms with van der Waals surface area (Å²) in [6, 6.07) is 0. The molecule has 1 rings (SSSR count). The second kappa shape index (κ2) is 4.45. The number of hydrogen-bond donors (Lipinski definition) is 0. The molecule has 0 aliphatic carbocycles. The molecule has 0 aromatic rings. The highest BCUT2D eigenvalue weighted by atomic mass is 16.2. The zero-order valence-electron chi connectivity index (χ0n) is 8.05. The SMILES string of the molecule is CCN(CC)C(=O)CCN1CC1. The molecular formula is C9H18N2O. The first-order valence-corrected chi connectivity index (χ1v) is 4.78. The zero-order chi connectivity index (χ0) is 8.97. The number of rotatable bonds is 5. The van der Waals surface area contributed by atoms with E-state index in [0.29, 0.717) is 12.3 Å². The van der Waals surface area contributed by atoms with Crippen molar-refractivity contribution < 1.29 is 4.79 Å². The van der Waals surface area contributed by atoms with Crippen molar-refractivity contribution in [2.24, 2.45) is 0 Å². The summed E-state index contributed by atoms with van der Waals surface area (Å²) in [7, 11) is 0. The first-order valence-electron chi connectivity index (χ1n) is 4.78. The largest absolute Gasteiger partial charge is 0.343 e. The molecule has 0 bridgehead atoms. The van der Waals surface area contributed by atoms with Crippen LogP contribution in [0.3, 0.4) is 0 Å². The number of carbonyl (C=O) groups is 1. The first kappa shape index (κ1) is 9.52. The Labute approximate surface area is 74.3 Å². The number of nitrogens with zero attached hydrogens (tertiary/aromatic N) is 2. The van der Waals surface area contributed by atoms with Crippen LogP contribution >= 0.6 is 0 Å². The fourth-order valence-corrected chi connectivity index (χ4v) is 1.28. The van der Waals surface area contributed by atoms with Gasteiger partial charge in [-0.25, -0.2) is 0 Å². The van der Waals surface area contributed by atoms with E-state index >= 15 is 0 Å². The van der Waals surface area contributed by atoms with Crippen LogP contribution in [0.4, 0.5) is 0 Å². The zero-order valence-corrected chi connectivity index (χ0v) is 8.05. The molecule has 0 N–H and O–H groups in total. The molecule has 1 heterocycles. The Balaban J connectivity index is 2.15. The molecule has 1 fully saturated rings. The molecule has 3 nitrogen and oxygen atoms in total. The lowest BCUT2D eigenvalue weighted by Gasteiger charge is -2.18. The first-order chi connectivity index (χ1) is 5.77. The molecule has 12 heavy (non-hydrogen) atoms. The lowest BCUT2D eigenvalue weighted by molar-refractivity contribution is -0.130. The van der Waals surface area contributed by atoms with Gasteiger partial charge in [-0.3, -0.25) is 4.79 Å². The molecule has 70 valence electrons. The Morgan fingerprint density at radius 2 is 1.92 bits per heavy atom. The van der Waals surface area contributed by atoms with Crippen LogP contribution in [0, 0.1) is 0 Å². The van der Waals surface area contributed by atoms with Crippen LogP contribution in [0.15, 0.2) is 0 Å². The van der Waals surface area contributed by atoms with Gasteiger partial charge in [-0.1, -0.05) is 0 Å². The van der Waals surface area contributed by atoms with Crippen LogP contribution < -0.4 is 0 Å². The van der Waals surface area contributed by atoms with Crippen molar-refractivity contribution in [1.82, 2.24) is 9.80 Å². The van der Waals surface area contributed by atoms with Crippen molar-refractivity contribution in [2.45, 2.75) is 20.3 Å². The van der Waals surface area contributed by atoms with Gasteiger partial charge in [0.2, 0.25) is 5.91 Å². The summed E-state index contributed by atoms with van der Waals surface area (Å²) in [5.74, 6) is 0.298. The number of amides is 1. The molecule has 1 aliphatic rings. The maximum Gasteiger partial charge on any atom is 0.223 e. The summed E-state index contributed by atoms with van der Waals surface area (Å²) in [5, 5.41) is 0. The molecule has 0 aromatic carbocycles. The van der Waals surface area contributed by atoms with E-state index in [4.69, 9.17) is 0 Å². The summed E-state index contributed by atoms with van der Waals surface area (Å²) < 4.78 is 0. The van der Waals surface area contributed by atoms with Crippen LogP contribution in [-0.2, 0) is 4.79 Å². The molecule has 0 spiro atoms. The molecule has 0 saturated carbocycles. The van der Waals surface area contributed by atoms with E-state index in [1.807, 2.05) is 18.7 Å². The molecule has 0 atom stereocenters. The summed E-state index contributed by atoms with van der Waals surface area (Å²) in [4.78, 5) is 15.6.